The third-order valence-electron chi connectivity index (χ3n) is 6.12. The molecule has 7 heteroatoms. The van der Waals surface area contributed by atoms with E-state index < -0.39 is 11.9 Å². The highest BCUT2D eigenvalue weighted by molar-refractivity contribution is 5.97. The zero-order chi connectivity index (χ0) is 23.4. The highest BCUT2D eigenvalue weighted by Crippen LogP contribution is 2.19. The summed E-state index contributed by atoms with van der Waals surface area (Å²) in [6.45, 7) is 7.33. The van der Waals surface area contributed by atoms with E-state index in [1.54, 1.807) is 0 Å². The van der Waals surface area contributed by atoms with Crippen LogP contribution in [0, 0.1) is 11.7 Å². The molecule has 4 rings (SSSR count). The normalized spacial score (nSPS) is 15.6. The van der Waals surface area contributed by atoms with Gasteiger partial charge in [0.25, 0.3) is 5.91 Å². The van der Waals surface area contributed by atoms with Crippen molar-refractivity contribution in [2.75, 3.05) is 26.2 Å². The maximum atomic E-state index is 13.2. The van der Waals surface area contributed by atoms with Gasteiger partial charge >= 0.3 is 0 Å². The van der Waals surface area contributed by atoms with E-state index >= 15 is 0 Å². The van der Waals surface area contributed by atoms with Crippen molar-refractivity contribution in [1.29, 1.82) is 0 Å². The molecule has 0 saturated carbocycles. The van der Waals surface area contributed by atoms with Gasteiger partial charge in [-0.1, -0.05) is 38.1 Å². The van der Waals surface area contributed by atoms with Crippen LogP contribution in [0.25, 0.3) is 10.9 Å². The molecule has 3 aromatic rings. The monoisotopic (exact) mass is 448 g/mol. The zero-order valence-electron chi connectivity index (χ0n) is 19.0. The Labute approximate surface area is 193 Å². The predicted octanol–water partition coefficient (Wildman–Crippen LogP) is 3.47. The average Bonchev–Trinajstić information content (AvgIpc) is 2.83. The van der Waals surface area contributed by atoms with Gasteiger partial charge in [-0.15, -0.1) is 0 Å². The maximum Gasteiger partial charge on any atom is 0.251 e. The van der Waals surface area contributed by atoms with Gasteiger partial charge in [-0.25, -0.2) is 4.39 Å². The average molecular weight is 449 g/mol. The number of hydrogen-bond donors (Lipinski definition) is 1. The summed E-state index contributed by atoms with van der Waals surface area (Å²) in [5.74, 6) is -0.919. The largest absolute Gasteiger partial charge is 0.340 e. The van der Waals surface area contributed by atoms with Crippen LogP contribution in [0.5, 0.6) is 0 Å². The summed E-state index contributed by atoms with van der Waals surface area (Å²) in [5, 5.41) is 3.97. The number of amides is 2. The van der Waals surface area contributed by atoms with Gasteiger partial charge in [-0.2, -0.15) is 0 Å². The molecule has 1 aliphatic rings. The molecule has 172 valence electrons. The number of hydrogen-bond acceptors (Lipinski definition) is 4. The Hall–Kier alpha value is -3.32. The molecule has 6 nitrogen and oxygen atoms in total. The second kappa shape index (κ2) is 10.1. The van der Waals surface area contributed by atoms with Crippen molar-refractivity contribution in [2.45, 2.75) is 26.4 Å². The molecule has 1 aliphatic heterocycles. The Morgan fingerprint density at radius 1 is 1.00 bits per heavy atom. The first-order chi connectivity index (χ1) is 15.9. The maximum absolute atomic E-state index is 13.2. The standard InChI is InChI=1S/C26H29FN4O2/c1-18(2)23(29-25(32)20-8-10-22(27)11-9-20)26(33)31-15-13-30(14-16-31)17-21-6-3-5-19-7-4-12-28-24(19)21/h3-12,18,23H,13-17H2,1-2H3,(H,29,32). The third kappa shape index (κ3) is 5.37. The number of nitrogens with zero attached hydrogens (tertiary/aromatic N) is 3. The Kier molecular flexibility index (Phi) is 6.99. The minimum atomic E-state index is -0.628. The molecular weight excluding hydrogens is 419 g/mol. The van der Waals surface area contributed by atoms with Crippen LogP contribution in [0.1, 0.15) is 29.8 Å². The van der Waals surface area contributed by atoms with E-state index in [2.05, 4.69) is 39.5 Å². The smallest absolute Gasteiger partial charge is 0.251 e. The van der Waals surface area contributed by atoms with Gasteiger partial charge in [-0.05, 0) is 41.8 Å². The van der Waals surface area contributed by atoms with E-state index in [1.165, 1.54) is 29.8 Å². The second-order valence-electron chi connectivity index (χ2n) is 8.80. The lowest BCUT2D eigenvalue weighted by Gasteiger charge is -2.37. The van der Waals surface area contributed by atoms with Crippen LogP contribution in [-0.2, 0) is 11.3 Å². The number of nitrogens with one attached hydrogen (secondary N) is 1. The Morgan fingerprint density at radius 3 is 2.39 bits per heavy atom. The summed E-state index contributed by atoms with van der Waals surface area (Å²) in [6, 6.07) is 14.9. The lowest BCUT2D eigenvalue weighted by atomic mass is 10.0. The summed E-state index contributed by atoms with van der Waals surface area (Å²) in [6.07, 6.45) is 1.81. The molecule has 1 unspecified atom stereocenters. The van der Waals surface area contributed by atoms with Crippen molar-refractivity contribution in [3.63, 3.8) is 0 Å². The number of benzene rings is 2. The van der Waals surface area contributed by atoms with Crippen LogP contribution < -0.4 is 5.32 Å². The molecule has 1 aromatic heterocycles. The van der Waals surface area contributed by atoms with Crippen LogP contribution in [0.4, 0.5) is 4.39 Å². The first-order valence-corrected chi connectivity index (χ1v) is 11.3. The van der Waals surface area contributed by atoms with Crippen molar-refractivity contribution >= 4 is 22.7 Å². The second-order valence-corrected chi connectivity index (χ2v) is 8.80. The lowest BCUT2D eigenvalue weighted by Crippen LogP contribution is -2.56. The minimum Gasteiger partial charge on any atom is -0.340 e. The Morgan fingerprint density at radius 2 is 1.70 bits per heavy atom. The van der Waals surface area contributed by atoms with E-state index in [9.17, 15) is 14.0 Å². The minimum absolute atomic E-state index is 0.0679. The number of rotatable bonds is 6. The molecule has 0 spiro atoms. The number of fused-ring (bicyclic) bond motifs is 1. The molecule has 0 aliphatic carbocycles. The van der Waals surface area contributed by atoms with E-state index in [0.29, 0.717) is 18.7 Å². The SMILES string of the molecule is CC(C)C(NC(=O)c1ccc(F)cc1)C(=O)N1CCN(Cc2cccc3cccnc23)CC1. The number of piperazine rings is 1. The fourth-order valence-corrected chi connectivity index (χ4v) is 4.20. The molecule has 0 radical (unpaired) electrons. The number of carbonyl (C=O) groups excluding carboxylic acids is 2. The molecule has 1 fully saturated rings. The quantitative estimate of drug-likeness (QED) is 0.627. The summed E-state index contributed by atoms with van der Waals surface area (Å²) >= 11 is 0. The van der Waals surface area contributed by atoms with Gasteiger partial charge in [0, 0.05) is 49.9 Å². The van der Waals surface area contributed by atoms with Crippen molar-refractivity contribution in [3.05, 3.63) is 77.7 Å². The third-order valence-corrected chi connectivity index (χ3v) is 6.12. The fraction of sp³-hybridized carbons (Fsp3) is 0.346. The summed E-state index contributed by atoms with van der Waals surface area (Å²) in [7, 11) is 0. The number of aromatic nitrogens is 1. The molecule has 33 heavy (non-hydrogen) atoms. The van der Waals surface area contributed by atoms with Gasteiger partial charge in [-0.3, -0.25) is 19.5 Å². The van der Waals surface area contributed by atoms with Crippen LogP contribution in [0.3, 0.4) is 0 Å². The van der Waals surface area contributed by atoms with Gasteiger partial charge in [0.15, 0.2) is 0 Å². The topological polar surface area (TPSA) is 65.5 Å². The molecule has 1 atom stereocenters. The van der Waals surface area contributed by atoms with Crippen molar-refractivity contribution in [1.82, 2.24) is 20.1 Å². The fourth-order valence-electron chi connectivity index (χ4n) is 4.20. The molecular formula is C26H29FN4O2. The van der Waals surface area contributed by atoms with Gasteiger partial charge in [0.1, 0.15) is 11.9 Å². The Balaban J connectivity index is 1.36. The van der Waals surface area contributed by atoms with Crippen molar-refractivity contribution in [3.8, 4) is 0 Å². The summed E-state index contributed by atoms with van der Waals surface area (Å²) < 4.78 is 13.2. The van der Waals surface area contributed by atoms with Crippen LogP contribution in [-0.4, -0.2) is 58.8 Å². The van der Waals surface area contributed by atoms with Gasteiger partial charge in [0.05, 0.1) is 5.52 Å². The summed E-state index contributed by atoms with van der Waals surface area (Å²) in [4.78, 5) is 34.5. The summed E-state index contributed by atoms with van der Waals surface area (Å²) in [5.41, 5.74) is 2.53. The lowest BCUT2D eigenvalue weighted by molar-refractivity contribution is -0.136. The Bertz CT molecular complexity index is 1120. The van der Waals surface area contributed by atoms with E-state index in [0.717, 1.165) is 30.5 Å². The first kappa shape index (κ1) is 22.9. The van der Waals surface area contributed by atoms with E-state index in [-0.39, 0.29) is 17.7 Å². The molecule has 2 aromatic carbocycles. The molecule has 0 bridgehead atoms. The highest BCUT2D eigenvalue weighted by atomic mass is 19.1. The zero-order valence-corrected chi connectivity index (χ0v) is 19.0. The number of carbonyl (C=O) groups is 2. The van der Waals surface area contributed by atoms with E-state index in [1.807, 2.05) is 31.0 Å². The molecule has 2 amide bonds. The van der Waals surface area contributed by atoms with Crippen LogP contribution in [0.15, 0.2) is 60.8 Å². The number of halogens is 1. The molecule has 1 saturated heterocycles. The van der Waals surface area contributed by atoms with Gasteiger partial charge in [0.2, 0.25) is 5.91 Å². The van der Waals surface area contributed by atoms with Crippen molar-refractivity contribution in [2.24, 2.45) is 5.92 Å². The van der Waals surface area contributed by atoms with Crippen LogP contribution >= 0.6 is 0 Å². The van der Waals surface area contributed by atoms with Gasteiger partial charge < -0.3 is 10.2 Å². The molecule has 1 N–H and O–H groups in total. The van der Waals surface area contributed by atoms with Crippen LogP contribution in [0.2, 0.25) is 0 Å². The molecule has 2 heterocycles. The first-order valence-electron chi connectivity index (χ1n) is 11.3. The number of para-hydroxylation sites is 1. The predicted molar refractivity (Wildman–Crippen MR) is 126 cm³/mol. The van der Waals surface area contributed by atoms with E-state index in [4.69, 9.17) is 0 Å². The van der Waals surface area contributed by atoms with Crippen molar-refractivity contribution < 1.29 is 14.0 Å². The number of pyridine rings is 1. The highest BCUT2D eigenvalue weighted by Gasteiger charge is 2.31.